The normalized spacial score (nSPS) is 10.2. The van der Waals surface area contributed by atoms with Crippen LogP contribution in [0.5, 0.6) is 5.75 Å². The van der Waals surface area contributed by atoms with Crippen LogP contribution in [0.4, 0.5) is 5.82 Å². The highest BCUT2D eigenvalue weighted by molar-refractivity contribution is 5.92. The number of pyridine rings is 1. The fourth-order valence-corrected chi connectivity index (χ4v) is 1.84. The summed E-state index contributed by atoms with van der Waals surface area (Å²) in [5, 5.41) is 8.05. The maximum Gasteiger partial charge on any atom is 0.216 e. The molecule has 0 spiro atoms. The highest BCUT2D eigenvalue weighted by Gasteiger charge is 2.03. The second-order valence-corrected chi connectivity index (χ2v) is 4.16. The van der Waals surface area contributed by atoms with Crippen LogP contribution in [0.1, 0.15) is 6.92 Å². The van der Waals surface area contributed by atoms with E-state index in [1.54, 1.807) is 13.3 Å². The van der Waals surface area contributed by atoms with Gasteiger partial charge in [0.2, 0.25) is 5.91 Å². The Balaban J connectivity index is 2.12. The molecule has 0 aliphatic rings. The van der Waals surface area contributed by atoms with Crippen molar-refractivity contribution < 1.29 is 9.53 Å². The molecule has 19 heavy (non-hydrogen) atoms. The number of fused-ring (bicyclic) bond motifs is 1. The average molecular weight is 259 g/mol. The van der Waals surface area contributed by atoms with Crippen LogP contribution in [0.25, 0.3) is 10.8 Å². The SMILES string of the molecule is COc1ccc2c(NCCNC(C)=O)nccc2c1. The van der Waals surface area contributed by atoms with E-state index in [0.29, 0.717) is 13.1 Å². The summed E-state index contributed by atoms with van der Waals surface area (Å²) < 4.78 is 5.20. The number of carbonyl (C=O) groups excluding carboxylic acids is 1. The summed E-state index contributed by atoms with van der Waals surface area (Å²) in [5.41, 5.74) is 0. The Morgan fingerprint density at radius 3 is 2.89 bits per heavy atom. The first-order valence-electron chi connectivity index (χ1n) is 6.12. The first-order valence-corrected chi connectivity index (χ1v) is 6.12. The number of hydrogen-bond donors (Lipinski definition) is 2. The van der Waals surface area contributed by atoms with E-state index in [1.807, 2.05) is 24.3 Å². The molecule has 0 bridgehead atoms. The van der Waals surface area contributed by atoms with Crippen LogP contribution in [0.3, 0.4) is 0 Å². The van der Waals surface area contributed by atoms with Crippen LogP contribution in [-0.4, -0.2) is 31.1 Å². The summed E-state index contributed by atoms with van der Waals surface area (Å²) in [6.07, 6.45) is 1.75. The van der Waals surface area contributed by atoms with Gasteiger partial charge in [0, 0.05) is 31.6 Å². The van der Waals surface area contributed by atoms with Crippen molar-refractivity contribution in [2.45, 2.75) is 6.92 Å². The number of hydrogen-bond acceptors (Lipinski definition) is 4. The van der Waals surface area contributed by atoms with Crippen LogP contribution in [-0.2, 0) is 4.79 Å². The van der Waals surface area contributed by atoms with E-state index >= 15 is 0 Å². The van der Waals surface area contributed by atoms with E-state index in [2.05, 4.69) is 15.6 Å². The summed E-state index contributed by atoms with van der Waals surface area (Å²) in [7, 11) is 1.65. The standard InChI is InChI=1S/C14H17N3O2/c1-10(18)15-7-8-17-14-13-4-3-12(19-2)9-11(13)5-6-16-14/h3-6,9H,7-8H2,1-2H3,(H,15,18)(H,16,17). The average Bonchev–Trinajstić information content (AvgIpc) is 2.42. The number of amides is 1. The Kier molecular flexibility index (Phi) is 4.18. The van der Waals surface area contributed by atoms with Crippen LogP contribution < -0.4 is 15.4 Å². The highest BCUT2D eigenvalue weighted by atomic mass is 16.5. The zero-order chi connectivity index (χ0) is 13.7. The maximum absolute atomic E-state index is 10.8. The van der Waals surface area contributed by atoms with Crippen LogP contribution in [0.15, 0.2) is 30.5 Å². The number of nitrogens with one attached hydrogen (secondary N) is 2. The molecular formula is C14H17N3O2. The molecule has 5 heteroatoms. The summed E-state index contributed by atoms with van der Waals surface area (Å²) in [5.74, 6) is 1.60. The van der Waals surface area contributed by atoms with Gasteiger partial charge in [0.25, 0.3) is 0 Å². The van der Waals surface area contributed by atoms with Crippen molar-refractivity contribution in [3.05, 3.63) is 30.5 Å². The predicted octanol–water partition coefficient (Wildman–Crippen LogP) is 1.79. The van der Waals surface area contributed by atoms with Gasteiger partial charge >= 0.3 is 0 Å². The third-order valence-corrected chi connectivity index (χ3v) is 2.76. The number of carbonyl (C=O) groups is 1. The van der Waals surface area contributed by atoms with Crippen molar-refractivity contribution in [3.63, 3.8) is 0 Å². The highest BCUT2D eigenvalue weighted by Crippen LogP contribution is 2.24. The Morgan fingerprint density at radius 2 is 2.16 bits per heavy atom. The second kappa shape index (κ2) is 6.04. The molecule has 0 unspecified atom stereocenters. The lowest BCUT2D eigenvalue weighted by Gasteiger charge is -2.09. The molecule has 0 saturated carbocycles. The molecule has 2 N–H and O–H groups in total. The van der Waals surface area contributed by atoms with Crippen LogP contribution in [0, 0.1) is 0 Å². The minimum absolute atomic E-state index is 0.0302. The van der Waals surface area contributed by atoms with E-state index in [9.17, 15) is 4.79 Å². The molecule has 0 radical (unpaired) electrons. The quantitative estimate of drug-likeness (QED) is 0.804. The predicted molar refractivity (Wildman–Crippen MR) is 75.5 cm³/mol. The van der Waals surface area contributed by atoms with E-state index < -0.39 is 0 Å². The molecule has 2 rings (SSSR count). The Morgan fingerprint density at radius 1 is 1.32 bits per heavy atom. The van der Waals surface area contributed by atoms with Gasteiger partial charge in [-0.15, -0.1) is 0 Å². The zero-order valence-corrected chi connectivity index (χ0v) is 11.1. The Bertz CT molecular complexity index is 584. The molecule has 1 aromatic carbocycles. The monoisotopic (exact) mass is 259 g/mol. The number of anilines is 1. The maximum atomic E-state index is 10.8. The number of nitrogens with zero attached hydrogens (tertiary/aromatic N) is 1. The molecule has 0 saturated heterocycles. The second-order valence-electron chi connectivity index (χ2n) is 4.16. The van der Waals surface area contributed by atoms with Gasteiger partial charge in [-0.25, -0.2) is 4.98 Å². The Hall–Kier alpha value is -2.30. The zero-order valence-electron chi connectivity index (χ0n) is 11.1. The van der Waals surface area contributed by atoms with Crippen molar-refractivity contribution >= 4 is 22.5 Å². The van der Waals surface area contributed by atoms with Crippen LogP contribution in [0.2, 0.25) is 0 Å². The van der Waals surface area contributed by atoms with Crippen molar-refractivity contribution in [1.29, 1.82) is 0 Å². The first-order chi connectivity index (χ1) is 9.20. The molecule has 2 aromatic rings. The van der Waals surface area contributed by atoms with Gasteiger partial charge < -0.3 is 15.4 Å². The molecule has 100 valence electrons. The molecule has 0 atom stereocenters. The van der Waals surface area contributed by atoms with E-state index in [0.717, 1.165) is 22.3 Å². The lowest BCUT2D eigenvalue weighted by atomic mass is 10.1. The van der Waals surface area contributed by atoms with Gasteiger partial charge in [-0.2, -0.15) is 0 Å². The fraction of sp³-hybridized carbons (Fsp3) is 0.286. The van der Waals surface area contributed by atoms with Crippen molar-refractivity contribution in [2.75, 3.05) is 25.5 Å². The first kappa shape index (κ1) is 13.1. The number of aromatic nitrogens is 1. The molecular weight excluding hydrogens is 242 g/mol. The van der Waals surface area contributed by atoms with Crippen molar-refractivity contribution in [1.82, 2.24) is 10.3 Å². The number of benzene rings is 1. The molecule has 0 aliphatic carbocycles. The smallest absolute Gasteiger partial charge is 0.216 e. The molecule has 1 aromatic heterocycles. The lowest BCUT2D eigenvalue weighted by Crippen LogP contribution is -2.26. The topological polar surface area (TPSA) is 63.2 Å². The third-order valence-electron chi connectivity index (χ3n) is 2.76. The molecule has 1 heterocycles. The largest absolute Gasteiger partial charge is 0.497 e. The molecule has 0 aliphatic heterocycles. The van der Waals surface area contributed by atoms with Gasteiger partial charge in [0.1, 0.15) is 11.6 Å². The van der Waals surface area contributed by atoms with E-state index in [-0.39, 0.29) is 5.91 Å². The number of ether oxygens (including phenoxy) is 1. The molecule has 0 fully saturated rings. The third kappa shape index (κ3) is 3.34. The van der Waals surface area contributed by atoms with Gasteiger partial charge in [-0.3, -0.25) is 4.79 Å². The summed E-state index contributed by atoms with van der Waals surface area (Å²) in [6, 6.07) is 7.79. The Labute approximate surface area is 112 Å². The lowest BCUT2D eigenvalue weighted by molar-refractivity contribution is -0.118. The minimum Gasteiger partial charge on any atom is -0.497 e. The van der Waals surface area contributed by atoms with E-state index in [4.69, 9.17) is 4.74 Å². The van der Waals surface area contributed by atoms with Gasteiger partial charge in [0.05, 0.1) is 7.11 Å². The fourth-order valence-electron chi connectivity index (χ4n) is 1.84. The number of methoxy groups -OCH3 is 1. The minimum atomic E-state index is -0.0302. The van der Waals surface area contributed by atoms with Gasteiger partial charge in [-0.05, 0) is 29.7 Å². The van der Waals surface area contributed by atoms with Crippen molar-refractivity contribution in [2.24, 2.45) is 0 Å². The van der Waals surface area contributed by atoms with E-state index in [1.165, 1.54) is 6.92 Å². The number of rotatable bonds is 5. The molecule has 5 nitrogen and oxygen atoms in total. The van der Waals surface area contributed by atoms with Crippen LogP contribution >= 0.6 is 0 Å². The molecule has 1 amide bonds. The van der Waals surface area contributed by atoms with Gasteiger partial charge in [0.15, 0.2) is 0 Å². The van der Waals surface area contributed by atoms with Gasteiger partial charge in [-0.1, -0.05) is 0 Å². The summed E-state index contributed by atoms with van der Waals surface area (Å²) in [4.78, 5) is 15.1. The van der Waals surface area contributed by atoms with Crippen molar-refractivity contribution in [3.8, 4) is 5.75 Å². The summed E-state index contributed by atoms with van der Waals surface area (Å²) in [6.45, 7) is 2.71. The summed E-state index contributed by atoms with van der Waals surface area (Å²) >= 11 is 0.